The van der Waals surface area contributed by atoms with Crippen LogP contribution >= 0.6 is 0 Å². The summed E-state index contributed by atoms with van der Waals surface area (Å²) >= 11 is 0. The lowest BCUT2D eigenvalue weighted by Crippen LogP contribution is -2.70. The first-order chi connectivity index (χ1) is 10.3. The fourth-order valence-corrected chi connectivity index (χ4v) is 4.02. The van der Waals surface area contributed by atoms with Crippen LogP contribution in [0.1, 0.15) is 47.5 Å². The Kier molecular flexibility index (Phi) is 5.15. The number of hydrogen-bond donors (Lipinski definition) is 0. The highest BCUT2D eigenvalue weighted by atomic mass is 16.2. The van der Waals surface area contributed by atoms with Gasteiger partial charge >= 0.3 is 0 Å². The average Bonchev–Trinajstić information content (AvgIpc) is 2.46. The Morgan fingerprint density at radius 1 is 1.09 bits per heavy atom. The molecule has 2 rings (SSSR count). The highest BCUT2D eigenvalue weighted by Crippen LogP contribution is 2.29. The highest BCUT2D eigenvalue weighted by molar-refractivity contribution is 5.79. The van der Waals surface area contributed by atoms with Crippen molar-refractivity contribution in [3.8, 4) is 0 Å². The van der Waals surface area contributed by atoms with E-state index in [1.165, 1.54) is 0 Å². The Balaban J connectivity index is 2.10. The van der Waals surface area contributed by atoms with E-state index in [9.17, 15) is 9.59 Å². The second kappa shape index (κ2) is 6.57. The van der Waals surface area contributed by atoms with Gasteiger partial charge in [0.25, 0.3) is 0 Å². The summed E-state index contributed by atoms with van der Waals surface area (Å²) in [5.41, 5.74) is -0.0152. The fraction of sp³-hybridized carbons (Fsp3) is 0.882. The molecule has 0 N–H and O–H groups in total. The van der Waals surface area contributed by atoms with Crippen molar-refractivity contribution < 1.29 is 9.59 Å². The maximum atomic E-state index is 12.6. The van der Waals surface area contributed by atoms with E-state index in [0.717, 1.165) is 45.6 Å². The van der Waals surface area contributed by atoms with E-state index in [2.05, 4.69) is 32.6 Å². The van der Waals surface area contributed by atoms with Crippen LogP contribution in [0.25, 0.3) is 0 Å². The van der Waals surface area contributed by atoms with Gasteiger partial charge in [0.15, 0.2) is 0 Å². The molecule has 5 nitrogen and oxygen atoms in total. The lowest BCUT2D eigenvalue weighted by Gasteiger charge is -2.55. The predicted octanol–water partition coefficient (Wildman–Crippen LogP) is 1.58. The molecule has 0 spiro atoms. The number of nitrogens with zero attached hydrogens (tertiary/aromatic N) is 3. The first kappa shape index (κ1) is 17.3. The van der Waals surface area contributed by atoms with Crippen LogP contribution in [-0.4, -0.2) is 70.8 Å². The summed E-state index contributed by atoms with van der Waals surface area (Å²) < 4.78 is 0. The molecule has 22 heavy (non-hydrogen) atoms. The number of carbonyl (C=O) groups is 2. The standard InChI is InChI=1S/C17H31N3O2/c1-6-14(7-2)16(22)18-8-9-20-15(10-18)11-19(13(3)21)12-17(20,4)5/h14-15H,6-12H2,1-5H3. The van der Waals surface area contributed by atoms with Crippen LogP contribution in [0.3, 0.4) is 0 Å². The molecule has 2 aliphatic heterocycles. The number of hydrogen-bond acceptors (Lipinski definition) is 3. The average molecular weight is 309 g/mol. The molecule has 2 aliphatic rings. The molecule has 1 unspecified atom stereocenters. The molecular weight excluding hydrogens is 278 g/mol. The largest absolute Gasteiger partial charge is 0.340 e. The summed E-state index contributed by atoms with van der Waals surface area (Å²) in [6.07, 6.45) is 1.82. The molecule has 126 valence electrons. The summed E-state index contributed by atoms with van der Waals surface area (Å²) in [4.78, 5) is 30.9. The van der Waals surface area contributed by atoms with Crippen LogP contribution in [0, 0.1) is 5.92 Å². The topological polar surface area (TPSA) is 43.9 Å². The van der Waals surface area contributed by atoms with E-state index in [-0.39, 0.29) is 23.4 Å². The van der Waals surface area contributed by atoms with E-state index in [1.54, 1.807) is 6.92 Å². The first-order valence-electron chi connectivity index (χ1n) is 8.61. The van der Waals surface area contributed by atoms with Gasteiger partial charge in [0, 0.05) is 57.1 Å². The lowest BCUT2D eigenvalue weighted by atomic mass is 9.92. The third-order valence-electron chi connectivity index (χ3n) is 5.36. The van der Waals surface area contributed by atoms with Crippen molar-refractivity contribution in [1.29, 1.82) is 0 Å². The minimum atomic E-state index is -0.0152. The number of amides is 2. The van der Waals surface area contributed by atoms with Gasteiger partial charge in [-0.1, -0.05) is 13.8 Å². The molecule has 0 bridgehead atoms. The quantitative estimate of drug-likeness (QED) is 0.795. The molecule has 0 aliphatic carbocycles. The minimum absolute atomic E-state index is 0.0152. The second-order valence-corrected chi connectivity index (χ2v) is 7.36. The number of piperazine rings is 2. The van der Waals surface area contributed by atoms with Crippen molar-refractivity contribution in [3.05, 3.63) is 0 Å². The van der Waals surface area contributed by atoms with Crippen LogP contribution in [0.5, 0.6) is 0 Å². The van der Waals surface area contributed by atoms with Crippen LogP contribution in [-0.2, 0) is 9.59 Å². The molecule has 5 heteroatoms. The molecule has 0 aromatic carbocycles. The van der Waals surface area contributed by atoms with Gasteiger partial charge in [-0.2, -0.15) is 0 Å². The molecule has 0 aromatic heterocycles. The summed E-state index contributed by atoms with van der Waals surface area (Å²) in [7, 11) is 0. The first-order valence-corrected chi connectivity index (χ1v) is 8.61. The van der Waals surface area contributed by atoms with Gasteiger partial charge in [0.05, 0.1) is 0 Å². The lowest BCUT2D eigenvalue weighted by molar-refractivity contribution is -0.147. The number of carbonyl (C=O) groups excluding carboxylic acids is 2. The molecule has 2 amide bonds. The van der Waals surface area contributed by atoms with E-state index in [1.807, 2.05) is 9.80 Å². The Labute approximate surface area is 134 Å². The maximum Gasteiger partial charge on any atom is 0.225 e. The SMILES string of the molecule is CCC(CC)C(=O)N1CCN2C(CN(C(C)=O)CC2(C)C)C1. The Bertz CT molecular complexity index is 432. The zero-order valence-corrected chi connectivity index (χ0v) is 14.8. The summed E-state index contributed by atoms with van der Waals surface area (Å²) in [5, 5.41) is 0. The summed E-state index contributed by atoms with van der Waals surface area (Å²) in [6.45, 7) is 14.2. The molecule has 0 aromatic rings. The van der Waals surface area contributed by atoms with Gasteiger partial charge in [-0.3, -0.25) is 14.5 Å². The zero-order valence-electron chi connectivity index (χ0n) is 14.8. The van der Waals surface area contributed by atoms with E-state index in [4.69, 9.17) is 0 Å². The number of fused-ring (bicyclic) bond motifs is 1. The Morgan fingerprint density at radius 2 is 1.68 bits per heavy atom. The third kappa shape index (κ3) is 3.29. The molecule has 0 saturated carbocycles. The fourth-order valence-electron chi connectivity index (χ4n) is 4.02. The van der Waals surface area contributed by atoms with Crippen molar-refractivity contribution >= 4 is 11.8 Å². The minimum Gasteiger partial charge on any atom is -0.340 e. The van der Waals surface area contributed by atoms with E-state index < -0.39 is 0 Å². The Morgan fingerprint density at radius 3 is 2.23 bits per heavy atom. The van der Waals surface area contributed by atoms with Crippen molar-refractivity contribution in [2.45, 2.75) is 59.0 Å². The van der Waals surface area contributed by atoms with Crippen LogP contribution in [0.15, 0.2) is 0 Å². The highest BCUT2D eigenvalue weighted by Gasteiger charge is 2.44. The van der Waals surface area contributed by atoms with Crippen molar-refractivity contribution in [1.82, 2.24) is 14.7 Å². The molecule has 1 atom stereocenters. The molecule has 2 saturated heterocycles. The van der Waals surface area contributed by atoms with Gasteiger partial charge < -0.3 is 9.80 Å². The van der Waals surface area contributed by atoms with Crippen molar-refractivity contribution in [2.75, 3.05) is 32.7 Å². The smallest absolute Gasteiger partial charge is 0.225 e. The second-order valence-electron chi connectivity index (χ2n) is 7.36. The van der Waals surface area contributed by atoms with Gasteiger partial charge in [-0.25, -0.2) is 0 Å². The van der Waals surface area contributed by atoms with Gasteiger partial charge in [0.2, 0.25) is 11.8 Å². The van der Waals surface area contributed by atoms with Gasteiger partial charge in [-0.15, -0.1) is 0 Å². The van der Waals surface area contributed by atoms with Gasteiger partial charge in [-0.05, 0) is 26.7 Å². The third-order valence-corrected chi connectivity index (χ3v) is 5.36. The predicted molar refractivity (Wildman–Crippen MR) is 87.5 cm³/mol. The summed E-state index contributed by atoms with van der Waals surface area (Å²) in [5.74, 6) is 0.575. The van der Waals surface area contributed by atoms with E-state index in [0.29, 0.717) is 5.91 Å². The zero-order chi connectivity index (χ0) is 16.5. The normalized spacial score (nSPS) is 25.3. The monoisotopic (exact) mass is 309 g/mol. The summed E-state index contributed by atoms with van der Waals surface area (Å²) in [6, 6.07) is 0.264. The molecule has 0 radical (unpaired) electrons. The maximum absolute atomic E-state index is 12.6. The molecular formula is C17H31N3O2. The van der Waals surface area contributed by atoms with E-state index >= 15 is 0 Å². The van der Waals surface area contributed by atoms with Crippen molar-refractivity contribution in [3.63, 3.8) is 0 Å². The number of rotatable bonds is 3. The van der Waals surface area contributed by atoms with Crippen LogP contribution in [0.4, 0.5) is 0 Å². The molecule has 2 heterocycles. The van der Waals surface area contributed by atoms with Gasteiger partial charge in [0.1, 0.15) is 0 Å². The molecule has 2 fully saturated rings. The van der Waals surface area contributed by atoms with Crippen molar-refractivity contribution in [2.24, 2.45) is 5.92 Å². The Hall–Kier alpha value is -1.10. The van der Waals surface area contributed by atoms with Crippen LogP contribution in [0.2, 0.25) is 0 Å². The van der Waals surface area contributed by atoms with Crippen LogP contribution < -0.4 is 0 Å².